The molecule has 3 nitrogen and oxygen atoms in total. The third-order valence-corrected chi connectivity index (χ3v) is 3.10. The number of hydrogen-bond donors (Lipinski definition) is 0. The molecule has 0 bridgehead atoms. The lowest BCUT2D eigenvalue weighted by molar-refractivity contribution is 0.413. The molecule has 0 amide bonds. The number of aryl methyl sites for hydroxylation is 1. The normalized spacial score (nSPS) is 10.3. The minimum Gasteiger partial charge on any atom is -0.491 e. The van der Waals surface area contributed by atoms with Gasteiger partial charge in [0.15, 0.2) is 10.9 Å². The SMILES string of the molecule is COc1c(Cl)ncnc1-c1csc(C)c1. The molecule has 0 aliphatic rings. The third kappa shape index (κ3) is 1.96. The largest absolute Gasteiger partial charge is 0.491 e. The molecular weight excluding hydrogens is 232 g/mol. The lowest BCUT2D eigenvalue weighted by atomic mass is 10.2. The molecule has 0 aliphatic heterocycles. The Morgan fingerprint density at radius 3 is 2.80 bits per heavy atom. The van der Waals surface area contributed by atoms with E-state index in [1.165, 1.54) is 11.2 Å². The summed E-state index contributed by atoms with van der Waals surface area (Å²) >= 11 is 7.58. The van der Waals surface area contributed by atoms with Gasteiger partial charge < -0.3 is 4.74 Å². The minimum atomic E-state index is 0.339. The van der Waals surface area contributed by atoms with Crippen LogP contribution in [-0.4, -0.2) is 17.1 Å². The molecule has 15 heavy (non-hydrogen) atoms. The molecule has 0 aromatic carbocycles. The molecule has 2 heterocycles. The van der Waals surface area contributed by atoms with E-state index in [0.29, 0.717) is 10.9 Å². The van der Waals surface area contributed by atoms with Crippen LogP contribution in [0.5, 0.6) is 5.75 Å². The zero-order valence-corrected chi connectivity index (χ0v) is 9.89. The van der Waals surface area contributed by atoms with Crippen LogP contribution < -0.4 is 4.74 Å². The predicted molar refractivity (Wildman–Crippen MR) is 61.6 cm³/mol. The van der Waals surface area contributed by atoms with Gasteiger partial charge in [-0.15, -0.1) is 11.3 Å². The highest BCUT2D eigenvalue weighted by Gasteiger charge is 2.12. The first-order chi connectivity index (χ1) is 7.22. The van der Waals surface area contributed by atoms with Gasteiger partial charge in [-0.05, 0) is 13.0 Å². The molecule has 0 N–H and O–H groups in total. The molecule has 0 radical (unpaired) electrons. The van der Waals surface area contributed by atoms with E-state index in [9.17, 15) is 0 Å². The van der Waals surface area contributed by atoms with Gasteiger partial charge >= 0.3 is 0 Å². The molecule has 0 atom stereocenters. The number of rotatable bonds is 2. The average Bonchev–Trinajstić information content (AvgIpc) is 2.64. The first-order valence-electron chi connectivity index (χ1n) is 4.32. The maximum absolute atomic E-state index is 5.91. The van der Waals surface area contributed by atoms with Crippen molar-refractivity contribution in [1.29, 1.82) is 0 Å². The van der Waals surface area contributed by atoms with E-state index in [0.717, 1.165) is 11.3 Å². The van der Waals surface area contributed by atoms with Crippen LogP contribution in [0.25, 0.3) is 11.3 Å². The van der Waals surface area contributed by atoms with Crippen LogP contribution in [0, 0.1) is 6.92 Å². The first kappa shape index (κ1) is 10.4. The highest BCUT2D eigenvalue weighted by atomic mass is 35.5. The molecule has 0 spiro atoms. The van der Waals surface area contributed by atoms with Gasteiger partial charge in [0.1, 0.15) is 12.0 Å². The summed E-state index contributed by atoms with van der Waals surface area (Å²) in [5, 5.41) is 2.36. The van der Waals surface area contributed by atoms with Gasteiger partial charge in [0.2, 0.25) is 0 Å². The van der Waals surface area contributed by atoms with Gasteiger partial charge in [0.25, 0.3) is 0 Å². The maximum Gasteiger partial charge on any atom is 0.182 e. The number of methoxy groups -OCH3 is 1. The first-order valence-corrected chi connectivity index (χ1v) is 5.58. The number of aromatic nitrogens is 2. The molecule has 2 rings (SSSR count). The number of hydrogen-bond acceptors (Lipinski definition) is 4. The number of thiophene rings is 1. The Bertz CT molecular complexity index is 484. The molecular formula is C10H9ClN2OS. The van der Waals surface area contributed by atoms with Gasteiger partial charge in [-0.1, -0.05) is 11.6 Å². The second-order valence-corrected chi connectivity index (χ2v) is 4.47. The van der Waals surface area contributed by atoms with Crippen LogP contribution in [0.1, 0.15) is 4.88 Å². The van der Waals surface area contributed by atoms with Gasteiger partial charge in [0.05, 0.1) is 7.11 Å². The van der Waals surface area contributed by atoms with Crippen molar-refractivity contribution in [2.24, 2.45) is 0 Å². The van der Waals surface area contributed by atoms with E-state index < -0.39 is 0 Å². The number of ether oxygens (including phenoxy) is 1. The van der Waals surface area contributed by atoms with Crippen molar-refractivity contribution in [2.45, 2.75) is 6.92 Å². The monoisotopic (exact) mass is 240 g/mol. The second-order valence-electron chi connectivity index (χ2n) is 2.99. The van der Waals surface area contributed by atoms with Gasteiger partial charge in [-0.25, -0.2) is 9.97 Å². The molecule has 0 unspecified atom stereocenters. The van der Waals surface area contributed by atoms with Crippen LogP contribution in [0.15, 0.2) is 17.8 Å². The van der Waals surface area contributed by atoms with Crippen molar-refractivity contribution in [1.82, 2.24) is 9.97 Å². The van der Waals surface area contributed by atoms with Crippen LogP contribution in [0.3, 0.4) is 0 Å². The Labute approximate surface area is 96.7 Å². The van der Waals surface area contributed by atoms with Crippen LogP contribution >= 0.6 is 22.9 Å². The Hall–Kier alpha value is -1.13. The summed E-state index contributed by atoms with van der Waals surface area (Å²) < 4.78 is 5.19. The van der Waals surface area contributed by atoms with Gasteiger partial charge in [0, 0.05) is 15.8 Å². The fourth-order valence-electron chi connectivity index (χ4n) is 1.31. The standard InChI is InChI=1S/C10H9ClN2OS/c1-6-3-7(4-15-6)8-9(14-2)10(11)13-5-12-8/h3-5H,1-2H3. The summed E-state index contributed by atoms with van der Waals surface area (Å²) in [4.78, 5) is 9.28. The lowest BCUT2D eigenvalue weighted by Crippen LogP contribution is -1.93. The third-order valence-electron chi connectivity index (χ3n) is 1.97. The van der Waals surface area contributed by atoms with Crippen molar-refractivity contribution in [3.63, 3.8) is 0 Å². The Morgan fingerprint density at radius 1 is 1.40 bits per heavy atom. The van der Waals surface area contributed by atoms with Crippen molar-refractivity contribution in [3.05, 3.63) is 27.8 Å². The zero-order chi connectivity index (χ0) is 10.8. The molecule has 2 aromatic rings. The van der Waals surface area contributed by atoms with E-state index in [1.807, 2.05) is 18.4 Å². The Kier molecular flexibility index (Phi) is 2.88. The summed E-state index contributed by atoms with van der Waals surface area (Å²) in [5.74, 6) is 0.525. The molecule has 0 saturated carbocycles. The number of nitrogens with zero attached hydrogens (tertiary/aromatic N) is 2. The van der Waals surface area contributed by atoms with Crippen molar-refractivity contribution < 1.29 is 4.74 Å². The summed E-state index contributed by atoms with van der Waals surface area (Å²) in [7, 11) is 1.56. The van der Waals surface area contributed by atoms with Gasteiger partial charge in [-0.2, -0.15) is 0 Å². The van der Waals surface area contributed by atoms with Crippen LogP contribution in [-0.2, 0) is 0 Å². The molecule has 2 aromatic heterocycles. The molecule has 78 valence electrons. The van der Waals surface area contributed by atoms with Crippen LogP contribution in [0.2, 0.25) is 5.15 Å². The summed E-state index contributed by atoms with van der Waals surface area (Å²) in [6.07, 6.45) is 1.44. The van der Waals surface area contributed by atoms with Crippen molar-refractivity contribution in [3.8, 4) is 17.0 Å². The Morgan fingerprint density at radius 2 is 2.20 bits per heavy atom. The maximum atomic E-state index is 5.91. The van der Waals surface area contributed by atoms with E-state index in [1.54, 1.807) is 18.4 Å². The number of halogens is 1. The van der Waals surface area contributed by atoms with Crippen molar-refractivity contribution in [2.75, 3.05) is 7.11 Å². The molecule has 0 saturated heterocycles. The zero-order valence-electron chi connectivity index (χ0n) is 8.32. The van der Waals surface area contributed by atoms with E-state index in [-0.39, 0.29) is 0 Å². The minimum absolute atomic E-state index is 0.339. The fourth-order valence-corrected chi connectivity index (χ4v) is 2.20. The lowest BCUT2D eigenvalue weighted by Gasteiger charge is -2.06. The fraction of sp³-hybridized carbons (Fsp3) is 0.200. The molecule has 0 aliphatic carbocycles. The summed E-state index contributed by atoms with van der Waals surface area (Å²) in [6.45, 7) is 2.05. The quantitative estimate of drug-likeness (QED) is 0.757. The molecule has 0 fully saturated rings. The summed E-state index contributed by atoms with van der Waals surface area (Å²) in [5.41, 5.74) is 1.75. The second kappa shape index (κ2) is 4.16. The van der Waals surface area contributed by atoms with Crippen LogP contribution in [0.4, 0.5) is 0 Å². The molecule has 5 heteroatoms. The predicted octanol–water partition coefficient (Wildman–Crippen LogP) is 3.18. The summed E-state index contributed by atoms with van der Waals surface area (Å²) in [6, 6.07) is 2.05. The van der Waals surface area contributed by atoms with Crippen molar-refractivity contribution >= 4 is 22.9 Å². The topological polar surface area (TPSA) is 35.0 Å². The van der Waals surface area contributed by atoms with E-state index >= 15 is 0 Å². The van der Waals surface area contributed by atoms with E-state index in [4.69, 9.17) is 16.3 Å². The van der Waals surface area contributed by atoms with Gasteiger partial charge in [-0.3, -0.25) is 0 Å². The highest BCUT2D eigenvalue weighted by molar-refractivity contribution is 7.10. The highest BCUT2D eigenvalue weighted by Crippen LogP contribution is 2.34. The smallest absolute Gasteiger partial charge is 0.182 e. The average molecular weight is 241 g/mol. The van der Waals surface area contributed by atoms with E-state index in [2.05, 4.69) is 9.97 Å². The Balaban J connectivity index is 2.57.